The van der Waals surface area contributed by atoms with Crippen LogP contribution in [0.1, 0.15) is 36.0 Å². The Morgan fingerprint density at radius 2 is 1.86 bits per heavy atom. The summed E-state index contributed by atoms with van der Waals surface area (Å²) in [5.74, 6) is -1.38. The highest BCUT2D eigenvalue weighted by molar-refractivity contribution is 9.10. The molecule has 0 saturated carbocycles. The lowest BCUT2D eigenvalue weighted by Crippen LogP contribution is -2.37. The van der Waals surface area contributed by atoms with Gasteiger partial charge in [0.25, 0.3) is 5.91 Å². The Bertz CT molecular complexity index is 534. The standard InChI is InChI=1S/C15H19BrN2O4/c16-12-6-4-5-11(9-12)15(22)18-10-13(19)17-8-3-1-2-7-14(20)21/h4-6,9H,1-3,7-8,10H2,(H,17,19)(H,18,22)(H,20,21). The molecule has 0 radical (unpaired) electrons. The zero-order valence-corrected chi connectivity index (χ0v) is 13.7. The number of carboxylic acids is 1. The van der Waals surface area contributed by atoms with E-state index in [9.17, 15) is 14.4 Å². The third kappa shape index (κ3) is 7.78. The van der Waals surface area contributed by atoms with Crippen LogP contribution >= 0.6 is 15.9 Å². The van der Waals surface area contributed by atoms with Crippen molar-refractivity contribution in [3.8, 4) is 0 Å². The van der Waals surface area contributed by atoms with Gasteiger partial charge in [-0.15, -0.1) is 0 Å². The van der Waals surface area contributed by atoms with Gasteiger partial charge < -0.3 is 15.7 Å². The third-order valence-corrected chi connectivity index (χ3v) is 3.38. The molecule has 22 heavy (non-hydrogen) atoms. The van der Waals surface area contributed by atoms with Crippen molar-refractivity contribution >= 4 is 33.7 Å². The molecular weight excluding hydrogens is 352 g/mol. The van der Waals surface area contributed by atoms with Crippen molar-refractivity contribution in [1.82, 2.24) is 10.6 Å². The summed E-state index contributed by atoms with van der Waals surface area (Å²) >= 11 is 3.28. The van der Waals surface area contributed by atoms with Crippen molar-refractivity contribution in [2.45, 2.75) is 25.7 Å². The van der Waals surface area contributed by atoms with Crippen LogP contribution in [0.25, 0.3) is 0 Å². The lowest BCUT2D eigenvalue weighted by atomic mass is 10.2. The van der Waals surface area contributed by atoms with Crippen LogP contribution in [-0.4, -0.2) is 36.0 Å². The molecule has 0 aromatic heterocycles. The molecule has 120 valence electrons. The fraction of sp³-hybridized carbons (Fsp3) is 0.400. The van der Waals surface area contributed by atoms with E-state index in [2.05, 4.69) is 26.6 Å². The van der Waals surface area contributed by atoms with E-state index in [1.165, 1.54) is 0 Å². The predicted octanol–water partition coefficient (Wildman–Crippen LogP) is 1.94. The predicted molar refractivity (Wildman–Crippen MR) is 85.6 cm³/mol. The molecule has 1 rings (SSSR count). The Balaban J connectivity index is 2.15. The summed E-state index contributed by atoms with van der Waals surface area (Å²) in [6.45, 7) is 0.395. The number of carbonyl (C=O) groups is 3. The normalized spacial score (nSPS) is 10.0. The summed E-state index contributed by atoms with van der Waals surface area (Å²) in [5, 5.41) is 13.7. The van der Waals surface area contributed by atoms with Gasteiger partial charge in [0, 0.05) is 23.0 Å². The smallest absolute Gasteiger partial charge is 0.303 e. The van der Waals surface area contributed by atoms with Crippen molar-refractivity contribution in [1.29, 1.82) is 0 Å². The van der Waals surface area contributed by atoms with E-state index in [4.69, 9.17) is 5.11 Å². The minimum atomic E-state index is -0.806. The van der Waals surface area contributed by atoms with Crippen LogP contribution in [0.4, 0.5) is 0 Å². The van der Waals surface area contributed by atoms with Crippen molar-refractivity contribution in [3.63, 3.8) is 0 Å². The van der Waals surface area contributed by atoms with E-state index in [0.29, 0.717) is 18.5 Å². The number of amides is 2. The molecule has 0 atom stereocenters. The molecule has 1 aromatic carbocycles. The molecular formula is C15H19BrN2O4. The maximum Gasteiger partial charge on any atom is 0.303 e. The van der Waals surface area contributed by atoms with Gasteiger partial charge in [-0.2, -0.15) is 0 Å². The first-order valence-corrected chi connectivity index (χ1v) is 7.80. The van der Waals surface area contributed by atoms with E-state index >= 15 is 0 Å². The maximum atomic E-state index is 11.8. The number of hydrogen-bond acceptors (Lipinski definition) is 3. The van der Waals surface area contributed by atoms with Crippen LogP contribution in [-0.2, 0) is 9.59 Å². The van der Waals surface area contributed by atoms with Gasteiger partial charge in [0.15, 0.2) is 0 Å². The first-order valence-electron chi connectivity index (χ1n) is 7.01. The van der Waals surface area contributed by atoms with E-state index in [-0.39, 0.29) is 24.8 Å². The van der Waals surface area contributed by atoms with Crippen molar-refractivity contribution in [2.24, 2.45) is 0 Å². The van der Waals surface area contributed by atoms with E-state index in [0.717, 1.165) is 17.3 Å². The minimum Gasteiger partial charge on any atom is -0.481 e. The molecule has 2 amide bonds. The second kappa shape index (κ2) is 9.94. The van der Waals surface area contributed by atoms with Crippen molar-refractivity contribution in [2.75, 3.05) is 13.1 Å². The lowest BCUT2D eigenvalue weighted by Gasteiger charge is -2.07. The maximum absolute atomic E-state index is 11.8. The van der Waals surface area contributed by atoms with Gasteiger partial charge in [0.1, 0.15) is 0 Å². The van der Waals surface area contributed by atoms with Crippen LogP contribution < -0.4 is 10.6 Å². The zero-order chi connectivity index (χ0) is 16.4. The number of rotatable bonds is 9. The second-order valence-electron chi connectivity index (χ2n) is 4.75. The fourth-order valence-electron chi connectivity index (χ4n) is 1.76. The molecule has 0 heterocycles. The molecule has 0 spiro atoms. The number of hydrogen-bond donors (Lipinski definition) is 3. The monoisotopic (exact) mass is 370 g/mol. The molecule has 1 aromatic rings. The molecule has 0 fully saturated rings. The molecule has 0 aliphatic rings. The molecule has 0 saturated heterocycles. The van der Waals surface area contributed by atoms with Gasteiger partial charge in [-0.3, -0.25) is 14.4 Å². The Morgan fingerprint density at radius 1 is 1.09 bits per heavy atom. The van der Waals surface area contributed by atoms with E-state index < -0.39 is 5.97 Å². The van der Waals surface area contributed by atoms with Crippen molar-refractivity contribution in [3.05, 3.63) is 34.3 Å². The molecule has 7 heteroatoms. The van der Waals surface area contributed by atoms with Gasteiger partial charge in [-0.1, -0.05) is 28.4 Å². The molecule has 6 nitrogen and oxygen atoms in total. The highest BCUT2D eigenvalue weighted by atomic mass is 79.9. The number of carboxylic acid groups (broad SMARTS) is 1. The van der Waals surface area contributed by atoms with Gasteiger partial charge in [0.2, 0.25) is 5.91 Å². The largest absolute Gasteiger partial charge is 0.481 e. The average Bonchev–Trinajstić information content (AvgIpc) is 2.48. The van der Waals surface area contributed by atoms with Crippen molar-refractivity contribution < 1.29 is 19.5 Å². The summed E-state index contributed by atoms with van der Waals surface area (Å²) < 4.78 is 0.797. The number of halogens is 1. The highest BCUT2D eigenvalue weighted by Gasteiger charge is 2.07. The molecule has 0 bridgehead atoms. The Morgan fingerprint density at radius 3 is 2.55 bits per heavy atom. The number of nitrogens with one attached hydrogen (secondary N) is 2. The summed E-state index contributed by atoms with van der Waals surface area (Å²) in [5.41, 5.74) is 0.482. The number of carbonyl (C=O) groups excluding carboxylic acids is 2. The molecule has 3 N–H and O–H groups in total. The Labute approximate surface area is 137 Å². The molecule has 0 aliphatic carbocycles. The van der Waals surface area contributed by atoms with Gasteiger partial charge in [-0.05, 0) is 31.0 Å². The molecule has 0 unspecified atom stereocenters. The van der Waals surface area contributed by atoms with Crippen LogP contribution in [0.2, 0.25) is 0 Å². The first-order chi connectivity index (χ1) is 10.5. The number of aliphatic carboxylic acids is 1. The Kier molecular flexibility index (Phi) is 8.21. The third-order valence-electron chi connectivity index (χ3n) is 2.89. The van der Waals surface area contributed by atoms with E-state index in [1.807, 2.05) is 6.07 Å². The second-order valence-corrected chi connectivity index (χ2v) is 5.66. The number of benzene rings is 1. The van der Waals surface area contributed by atoms with E-state index in [1.54, 1.807) is 18.2 Å². The summed E-state index contributed by atoms with van der Waals surface area (Å²) in [7, 11) is 0. The van der Waals surface area contributed by atoms with Gasteiger partial charge in [-0.25, -0.2) is 0 Å². The minimum absolute atomic E-state index is 0.0829. The lowest BCUT2D eigenvalue weighted by molar-refractivity contribution is -0.137. The summed E-state index contributed by atoms with van der Waals surface area (Å²) in [6, 6.07) is 6.90. The quantitative estimate of drug-likeness (QED) is 0.578. The van der Waals surface area contributed by atoms with Crippen LogP contribution in [0.15, 0.2) is 28.7 Å². The molecule has 0 aliphatic heterocycles. The average molecular weight is 371 g/mol. The summed E-state index contributed by atoms with van der Waals surface area (Å²) in [6.07, 6.45) is 2.22. The zero-order valence-electron chi connectivity index (χ0n) is 12.1. The topological polar surface area (TPSA) is 95.5 Å². The summed E-state index contributed by atoms with van der Waals surface area (Å²) in [4.78, 5) is 33.7. The van der Waals surface area contributed by atoms with Gasteiger partial charge in [0.05, 0.1) is 6.54 Å². The van der Waals surface area contributed by atoms with Crippen LogP contribution in [0.3, 0.4) is 0 Å². The SMILES string of the molecule is O=C(O)CCCCCNC(=O)CNC(=O)c1cccc(Br)c1. The number of unbranched alkanes of at least 4 members (excludes halogenated alkanes) is 2. The Hall–Kier alpha value is -1.89. The van der Waals surface area contributed by atoms with Crippen LogP contribution in [0, 0.1) is 0 Å². The first kappa shape index (κ1) is 18.2. The van der Waals surface area contributed by atoms with Gasteiger partial charge >= 0.3 is 5.97 Å². The van der Waals surface area contributed by atoms with Crippen LogP contribution in [0.5, 0.6) is 0 Å². The fourth-order valence-corrected chi connectivity index (χ4v) is 2.16. The highest BCUT2D eigenvalue weighted by Crippen LogP contribution is 2.11.